The number of hydrogen-bond acceptors (Lipinski definition) is 3. The number of aryl methyl sites for hydroxylation is 3. The minimum absolute atomic E-state index is 0.396. The second-order valence-electron chi connectivity index (χ2n) is 3.31. The molecule has 0 aliphatic heterocycles. The maximum absolute atomic E-state index is 5.72. The van der Waals surface area contributed by atoms with E-state index in [1.54, 1.807) is 4.68 Å². The average Bonchev–Trinajstić information content (AvgIpc) is 2.83. The first-order chi connectivity index (χ1) is 7.29. The van der Waals surface area contributed by atoms with E-state index < -0.39 is 0 Å². The fourth-order valence-corrected chi connectivity index (χ4v) is 1.62. The Labute approximate surface area is 92.7 Å². The summed E-state index contributed by atoms with van der Waals surface area (Å²) in [5.74, 6) is 1.20. The van der Waals surface area contributed by atoms with Crippen LogP contribution >= 0.6 is 11.6 Å². The molecule has 0 N–H and O–H groups in total. The fraction of sp³-hybridized carbons (Fsp3) is 0.444. The molecule has 0 unspecified atom stereocenters. The molecule has 0 spiro atoms. The van der Waals surface area contributed by atoms with Crippen molar-refractivity contribution in [3.8, 4) is 0 Å². The average molecular weight is 226 g/mol. The third-order valence-electron chi connectivity index (χ3n) is 2.19. The molecular formula is C9H12ClN5. The van der Waals surface area contributed by atoms with E-state index >= 15 is 0 Å². The summed E-state index contributed by atoms with van der Waals surface area (Å²) in [5, 5.41) is 8.21. The molecule has 0 bridgehead atoms. The Balaban J connectivity index is 1.98. The van der Waals surface area contributed by atoms with Gasteiger partial charge < -0.3 is 0 Å². The van der Waals surface area contributed by atoms with Gasteiger partial charge in [0.2, 0.25) is 0 Å². The Morgan fingerprint density at radius 1 is 1.40 bits per heavy atom. The highest BCUT2D eigenvalue weighted by molar-refractivity contribution is 6.16. The van der Waals surface area contributed by atoms with E-state index in [4.69, 9.17) is 11.6 Å². The third kappa shape index (κ3) is 2.36. The van der Waals surface area contributed by atoms with Crippen LogP contribution in [-0.4, -0.2) is 24.5 Å². The van der Waals surface area contributed by atoms with E-state index in [1.165, 1.54) is 11.9 Å². The van der Waals surface area contributed by atoms with Crippen LogP contribution in [0.25, 0.3) is 0 Å². The summed E-state index contributed by atoms with van der Waals surface area (Å²) in [5.41, 5.74) is 1.19. The maximum Gasteiger partial charge on any atom is 0.141 e. The van der Waals surface area contributed by atoms with Crippen LogP contribution < -0.4 is 0 Å². The summed E-state index contributed by atoms with van der Waals surface area (Å²) in [4.78, 5) is 4.05. The summed E-state index contributed by atoms with van der Waals surface area (Å²) in [6.07, 6.45) is 6.27. The Bertz CT molecular complexity index is 433. The van der Waals surface area contributed by atoms with Gasteiger partial charge in [-0.05, 0) is 12.0 Å². The zero-order valence-electron chi connectivity index (χ0n) is 8.47. The van der Waals surface area contributed by atoms with Crippen LogP contribution in [0.1, 0.15) is 11.4 Å². The van der Waals surface area contributed by atoms with Crippen molar-refractivity contribution in [1.29, 1.82) is 0 Å². The molecule has 5 nitrogen and oxygen atoms in total. The van der Waals surface area contributed by atoms with Crippen LogP contribution in [-0.2, 0) is 25.9 Å². The molecule has 6 heteroatoms. The van der Waals surface area contributed by atoms with E-state index in [2.05, 4.69) is 15.2 Å². The first kappa shape index (κ1) is 10.2. The minimum Gasteiger partial charge on any atom is -0.276 e. The molecule has 0 amide bonds. The topological polar surface area (TPSA) is 48.5 Å². The molecule has 0 radical (unpaired) electrons. The molecule has 2 aromatic heterocycles. The lowest BCUT2D eigenvalue weighted by molar-refractivity contribution is 0.591. The van der Waals surface area contributed by atoms with Crippen LogP contribution in [0.2, 0.25) is 0 Å². The first-order valence-electron chi connectivity index (χ1n) is 4.70. The van der Waals surface area contributed by atoms with Crippen molar-refractivity contribution in [3.05, 3.63) is 30.1 Å². The van der Waals surface area contributed by atoms with Crippen molar-refractivity contribution < 1.29 is 0 Å². The largest absolute Gasteiger partial charge is 0.276 e. The second-order valence-corrected chi connectivity index (χ2v) is 3.57. The minimum atomic E-state index is 0.396. The third-order valence-corrected chi connectivity index (χ3v) is 2.42. The summed E-state index contributed by atoms with van der Waals surface area (Å²) in [6.45, 7) is 0.785. The van der Waals surface area contributed by atoms with Gasteiger partial charge in [-0.25, -0.2) is 9.67 Å². The molecule has 80 valence electrons. The zero-order chi connectivity index (χ0) is 10.7. The normalized spacial score (nSPS) is 10.8. The number of hydrogen-bond donors (Lipinski definition) is 0. The van der Waals surface area contributed by atoms with Gasteiger partial charge in [0.15, 0.2) is 0 Å². The second kappa shape index (κ2) is 4.44. The van der Waals surface area contributed by atoms with Crippen LogP contribution in [0.4, 0.5) is 0 Å². The van der Waals surface area contributed by atoms with Crippen LogP contribution in [0.3, 0.4) is 0 Å². The van der Waals surface area contributed by atoms with E-state index in [0.717, 1.165) is 18.8 Å². The van der Waals surface area contributed by atoms with Crippen LogP contribution in [0.5, 0.6) is 0 Å². The molecule has 15 heavy (non-hydrogen) atoms. The number of halogens is 1. The molecule has 2 aromatic rings. The van der Waals surface area contributed by atoms with E-state index in [1.807, 2.05) is 24.1 Å². The highest BCUT2D eigenvalue weighted by Crippen LogP contribution is 2.03. The van der Waals surface area contributed by atoms with Crippen molar-refractivity contribution in [2.45, 2.75) is 18.8 Å². The standard InChI is InChI=1S/C9H12ClN5/c1-14-6-8(5-12-14)2-3-15-9(4-10)11-7-13-15/h5-7H,2-4H2,1H3. The van der Waals surface area contributed by atoms with E-state index in [9.17, 15) is 0 Å². The number of aromatic nitrogens is 5. The highest BCUT2D eigenvalue weighted by atomic mass is 35.5. The van der Waals surface area contributed by atoms with Gasteiger partial charge in [-0.1, -0.05) is 0 Å². The Hall–Kier alpha value is -1.36. The van der Waals surface area contributed by atoms with Gasteiger partial charge in [-0.3, -0.25) is 4.68 Å². The number of nitrogens with zero attached hydrogens (tertiary/aromatic N) is 5. The zero-order valence-corrected chi connectivity index (χ0v) is 9.22. The predicted molar refractivity (Wildman–Crippen MR) is 56.5 cm³/mol. The van der Waals surface area contributed by atoms with Gasteiger partial charge in [0.1, 0.15) is 12.2 Å². The SMILES string of the molecule is Cn1cc(CCn2ncnc2CCl)cn1. The monoisotopic (exact) mass is 225 g/mol. The molecule has 0 saturated heterocycles. The van der Waals surface area contributed by atoms with Gasteiger partial charge in [0, 0.05) is 19.8 Å². The van der Waals surface area contributed by atoms with Crippen molar-refractivity contribution in [1.82, 2.24) is 24.5 Å². The van der Waals surface area contributed by atoms with Gasteiger partial charge in [0.05, 0.1) is 12.1 Å². The lowest BCUT2D eigenvalue weighted by atomic mass is 10.2. The van der Waals surface area contributed by atoms with Crippen molar-refractivity contribution in [3.63, 3.8) is 0 Å². The smallest absolute Gasteiger partial charge is 0.141 e. The fourth-order valence-electron chi connectivity index (χ4n) is 1.41. The number of alkyl halides is 1. The molecule has 0 atom stereocenters. The Morgan fingerprint density at radius 3 is 2.93 bits per heavy atom. The summed E-state index contributed by atoms with van der Waals surface area (Å²) >= 11 is 5.72. The van der Waals surface area contributed by atoms with Crippen LogP contribution in [0.15, 0.2) is 18.7 Å². The maximum atomic E-state index is 5.72. The van der Waals surface area contributed by atoms with Crippen molar-refractivity contribution in [2.75, 3.05) is 0 Å². The summed E-state index contributed by atoms with van der Waals surface area (Å²) < 4.78 is 3.61. The first-order valence-corrected chi connectivity index (χ1v) is 5.23. The summed E-state index contributed by atoms with van der Waals surface area (Å²) in [6, 6.07) is 0. The van der Waals surface area contributed by atoms with Crippen LogP contribution in [0, 0.1) is 0 Å². The van der Waals surface area contributed by atoms with E-state index in [-0.39, 0.29) is 0 Å². The quantitative estimate of drug-likeness (QED) is 0.730. The summed E-state index contributed by atoms with van der Waals surface area (Å²) in [7, 11) is 1.91. The molecule has 0 aromatic carbocycles. The van der Waals surface area contributed by atoms with Crippen molar-refractivity contribution >= 4 is 11.6 Å². The molecule has 0 aliphatic rings. The Morgan fingerprint density at radius 2 is 2.27 bits per heavy atom. The molecular weight excluding hydrogens is 214 g/mol. The van der Waals surface area contributed by atoms with Gasteiger partial charge >= 0.3 is 0 Å². The van der Waals surface area contributed by atoms with Gasteiger partial charge in [-0.15, -0.1) is 11.6 Å². The highest BCUT2D eigenvalue weighted by Gasteiger charge is 2.03. The predicted octanol–water partition coefficient (Wildman–Crippen LogP) is 0.993. The lowest BCUT2D eigenvalue weighted by Gasteiger charge is -2.01. The van der Waals surface area contributed by atoms with E-state index in [0.29, 0.717) is 5.88 Å². The number of rotatable bonds is 4. The molecule has 2 rings (SSSR count). The van der Waals surface area contributed by atoms with Gasteiger partial charge in [0.25, 0.3) is 0 Å². The Kier molecular flexibility index (Phi) is 3.01. The lowest BCUT2D eigenvalue weighted by Crippen LogP contribution is -2.06. The molecule has 0 aliphatic carbocycles. The van der Waals surface area contributed by atoms with Gasteiger partial charge in [-0.2, -0.15) is 10.2 Å². The van der Waals surface area contributed by atoms with Crippen molar-refractivity contribution in [2.24, 2.45) is 7.05 Å². The molecule has 2 heterocycles. The molecule has 0 saturated carbocycles. The molecule has 0 fully saturated rings.